The molecule has 1 aliphatic heterocycles. The normalized spacial score (nSPS) is 15.9. The fraction of sp³-hybridized carbons (Fsp3) is 0.455. The highest BCUT2D eigenvalue weighted by Crippen LogP contribution is 2.27. The van der Waals surface area contributed by atoms with Crippen molar-refractivity contribution in [2.24, 2.45) is 0 Å². The molecule has 1 aliphatic rings. The molecule has 10 heteroatoms. The van der Waals surface area contributed by atoms with E-state index in [9.17, 15) is 18.4 Å². The molecule has 0 saturated carbocycles. The molecule has 1 aromatic heterocycles. The molecule has 32 heavy (non-hydrogen) atoms. The summed E-state index contributed by atoms with van der Waals surface area (Å²) in [5, 5.41) is 3.01. The number of carbonyl (C=O) groups is 2. The molecule has 1 saturated heterocycles. The number of amides is 2. The largest absolute Gasteiger partial charge is 0.481 e. The number of piperidine rings is 1. The van der Waals surface area contributed by atoms with Crippen molar-refractivity contribution in [2.75, 3.05) is 39.1 Å². The van der Waals surface area contributed by atoms with E-state index in [4.69, 9.17) is 4.74 Å². The van der Waals surface area contributed by atoms with Crippen molar-refractivity contribution in [3.05, 3.63) is 47.4 Å². The van der Waals surface area contributed by atoms with Gasteiger partial charge in [0.1, 0.15) is 17.5 Å². The summed E-state index contributed by atoms with van der Waals surface area (Å²) in [5.41, 5.74) is 0.791. The van der Waals surface area contributed by atoms with Gasteiger partial charge in [-0.1, -0.05) is 0 Å². The van der Waals surface area contributed by atoms with Crippen LogP contribution in [-0.2, 0) is 16.1 Å². The van der Waals surface area contributed by atoms with Crippen LogP contribution in [0.25, 0.3) is 0 Å². The summed E-state index contributed by atoms with van der Waals surface area (Å²) in [7, 11) is 3.44. The summed E-state index contributed by atoms with van der Waals surface area (Å²) in [6, 6.07) is 4.80. The van der Waals surface area contributed by atoms with Crippen molar-refractivity contribution in [1.29, 1.82) is 0 Å². The van der Waals surface area contributed by atoms with Crippen molar-refractivity contribution < 1.29 is 23.1 Å². The summed E-state index contributed by atoms with van der Waals surface area (Å²) in [6.45, 7) is 2.43. The molecule has 8 nitrogen and oxygen atoms in total. The highest BCUT2D eigenvalue weighted by molar-refractivity contribution is 5.78. The van der Waals surface area contributed by atoms with Crippen LogP contribution in [0.1, 0.15) is 37.2 Å². The molecule has 0 unspecified atom stereocenters. The lowest BCUT2D eigenvalue weighted by atomic mass is 9.94. The molecule has 2 heterocycles. The molecule has 1 fully saturated rings. The van der Waals surface area contributed by atoms with Gasteiger partial charge in [0.2, 0.25) is 5.91 Å². The smallest absolute Gasteiger partial charge is 0.260 e. The average molecular weight is 447 g/mol. The van der Waals surface area contributed by atoms with Crippen LogP contribution >= 0.6 is 0 Å². The molecule has 0 bridgehead atoms. The van der Waals surface area contributed by atoms with Crippen LogP contribution in [0.5, 0.6) is 5.75 Å². The van der Waals surface area contributed by atoms with Crippen LogP contribution in [0.2, 0.25) is 0 Å². The van der Waals surface area contributed by atoms with E-state index in [1.54, 1.807) is 19.0 Å². The fourth-order valence-corrected chi connectivity index (χ4v) is 3.52. The molecule has 0 spiro atoms. The van der Waals surface area contributed by atoms with Crippen LogP contribution in [0.3, 0.4) is 0 Å². The summed E-state index contributed by atoms with van der Waals surface area (Å²) < 4.78 is 32.0. The molecule has 1 N–H and O–H groups in total. The van der Waals surface area contributed by atoms with Gasteiger partial charge in [0.05, 0.1) is 12.2 Å². The van der Waals surface area contributed by atoms with Gasteiger partial charge in [0, 0.05) is 52.2 Å². The Morgan fingerprint density at radius 2 is 2.06 bits per heavy atom. The molecule has 1 atom stereocenters. The first kappa shape index (κ1) is 23.4. The van der Waals surface area contributed by atoms with Crippen LogP contribution in [0, 0.1) is 11.6 Å². The minimum atomic E-state index is -0.849. The van der Waals surface area contributed by atoms with Gasteiger partial charge in [-0.05, 0) is 25.0 Å². The van der Waals surface area contributed by atoms with Crippen LogP contribution in [-0.4, -0.2) is 65.4 Å². The van der Waals surface area contributed by atoms with E-state index in [-0.39, 0.29) is 36.6 Å². The van der Waals surface area contributed by atoms with Gasteiger partial charge in [-0.15, -0.1) is 0 Å². The molecule has 2 amide bonds. The van der Waals surface area contributed by atoms with Crippen molar-refractivity contribution >= 4 is 17.6 Å². The minimum absolute atomic E-state index is 0.00765. The maximum absolute atomic E-state index is 13.7. The second kappa shape index (κ2) is 10.3. The standard InChI is InChI=1S/C22H27F2N5O3/c1-14(30)28(3)12-21-26-18(10-20(25-2)27-21)15-5-4-8-29(11-15)22(31)13-32-19-7-6-16(23)9-17(19)24/h6-7,9-10,15H,4-5,8,11-13H2,1-3H3,(H,25,26,27)/t15-/m0/s1. The number of nitrogens with zero attached hydrogens (tertiary/aromatic N) is 4. The first-order valence-electron chi connectivity index (χ1n) is 10.4. The van der Waals surface area contributed by atoms with Gasteiger partial charge in [0.25, 0.3) is 5.91 Å². The third-order valence-electron chi connectivity index (χ3n) is 5.40. The number of hydrogen-bond acceptors (Lipinski definition) is 6. The van der Waals surface area contributed by atoms with E-state index in [0.29, 0.717) is 30.8 Å². The van der Waals surface area contributed by atoms with E-state index in [1.165, 1.54) is 11.8 Å². The van der Waals surface area contributed by atoms with Crippen molar-refractivity contribution in [2.45, 2.75) is 32.2 Å². The highest BCUT2D eigenvalue weighted by atomic mass is 19.1. The third-order valence-corrected chi connectivity index (χ3v) is 5.40. The van der Waals surface area contributed by atoms with Gasteiger partial charge in [-0.2, -0.15) is 0 Å². The number of hydrogen-bond donors (Lipinski definition) is 1. The lowest BCUT2D eigenvalue weighted by Crippen LogP contribution is -2.41. The molecule has 3 rings (SSSR count). The predicted molar refractivity (Wildman–Crippen MR) is 114 cm³/mol. The van der Waals surface area contributed by atoms with Crippen molar-refractivity contribution in [3.8, 4) is 5.75 Å². The molecular weight excluding hydrogens is 420 g/mol. The second-order valence-corrected chi connectivity index (χ2v) is 7.76. The summed E-state index contributed by atoms with van der Waals surface area (Å²) in [5.74, 6) is -0.940. The number of benzene rings is 1. The maximum atomic E-state index is 13.7. The Bertz CT molecular complexity index is 988. The third kappa shape index (κ3) is 5.89. The zero-order valence-electron chi connectivity index (χ0n) is 18.4. The Balaban J connectivity index is 1.68. The van der Waals surface area contributed by atoms with E-state index < -0.39 is 11.6 Å². The van der Waals surface area contributed by atoms with Crippen molar-refractivity contribution in [1.82, 2.24) is 19.8 Å². The lowest BCUT2D eigenvalue weighted by molar-refractivity contribution is -0.134. The van der Waals surface area contributed by atoms with Gasteiger partial charge >= 0.3 is 0 Å². The van der Waals surface area contributed by atoms with E-state index in [0.717, 1.165) is 30.7 Å². The quantitative estimate of drug-likeness (QED) is 0.702. The topological polar surface area (TPSA) is 87.7 Å². The summed E-state index contributed by atoms with van der Waals surface area (Å²) in [4.78, 5) is 36.5. The second-order valence-electron chi connectivity index (χ2n) is 7.76. The lowest BCUT2D eigenvalue weighted by Gasteiger charge is -2.32. The Hall–Kier alpha value is -3.30. The van der Waals surface area contributed by atoms with Gasteiger partial charge in [-0.25, -0.2) is 18.7 Å². The van der Waals surface area contributed by atoms with Crippen molar-refractivity contribution in [3.63, 3.8) is 0 Å². The minimum Gasteiger partial charge on any atom is -0.481 e. The van der Waals surface area contributed by atoms with E-state index in [1.807, 2.05) is 6.07 Å². The first-order chi connectivity index (χ1) is 15.3. The summed E-state index contributed by atoms with van der Waals surface area (Å²) in [6.07, 6.45) is 1.63. The first-order valence-corrected chi connectivity index (χ1v) is 10.4. The van der Waals surface area contributed by atoms with Crippen LogP contribution < -0.4 is 10.1 Å². The average Bonchev–Trinajstić information content (AvgIpc) is 2.78. The SMILES string of the molecule is CNc1cc([C@H]2CCCN(C(=O)COc3ccc(F)cc3F)C2)nc(CN(C)C(C)=O)n1. The number of likely N-dealkylation sites (tertiary alicyclic amines) is 1. The molecular formula is C22H27F2N5O3. The molecule has 2 aromatic rings. The number of aromatic nitrogens is 2. The Kier molecular flexibility index (Phi) is 7.55. The Morgan fingerprint density at radius 1 is 1.28 bits per heavy atom. The molecule has 172 valence electrons. The predicted octanol–water partition coefficient (Wildman–Crippen LogP) is 2.56. The van der Waals surface area contributed by atoms with Gasteiger partial charge in [-0.3, -0.25) is 9.59 Å². The molecule has 1 aromatic carbocycles. The van der Waals surface area contributed by atoms with Crippen LogP contribution in [0.15, 0.2) is 24.3 Å². The number of ether oxygens (including phenoxy) is 1. The Morgan fingerprint density at radius 3 is 2.75 bits per heavy atom. The number of anilines is 1. The molecule has 0 radical (unpaired) electrons. The number of rotatable bonds is 7. The molecule has 0 aliphatic carbocycles. The van der Waals surface area contributed by atoms with Crippen LogP contribution in [0.4, 0.5) is 14.6 Å². The Labute approximate surface area is 185 Å². The highest BCUT2D eigenvalue weighted by Gasteiger charge is 2.27. The van der Waals surface area contributed by atoms with Gasteiger partial charge in [0.15, 0.2) is 18.2 Å². The summed E-state index contributed by atoms with van der Waals surface area (Å²) >= 11 is 0. The zero-order valence-corrected chi connectivity index (χ0v) is 18.4. The number of nitrogens with one attached hydrogen (secondary N) is 1. The maximum Gasteiger partial charge on any atom is 0.260 e. The zero-order chi connectivity index (χ0) is 23.3. The number of halogens is 2. The fourth-order valence-electron chi connectivity index (χ4n) is 3.52. The van der Waals surface area contributed by atoms with Gasteiger partial charge < -0.3 is 19.9 Å². The van der Waals surface area contributed by atoms with E-state index in [2.05, 4.69) is 15.3 Å². The number of carbonyl (C=O) groups excluding carboxylic acids is 2. The monoisotopic (exact) mass is 447 g/mol. The van der Waals surface area contributed by atoms with E-state index >= 15 is 0 Å².